The first kappa shape index (κ1) is 11.7. The van der Waals surface area contributed by atoms with Crippen LogP contribution in [0.15, 0.2) is 23.2 Å². The smallest absolute Gasteiger partial charge is 0.216 e. The van der Waals surface area contributed by atoms with Gasteiger partial charge in [0.15, 0.2) is 0 Å². The van der Waals surface area contributed by atoms with Gasteiger partial charge in [-0.05, 0) is 24.1 Å². The summed E-state index contributed by atoms with van der Waals surface area (Å²) >= 11 is 11.8. The number of ether oxygens (including phenoxy) is 1. The van der Waals surface area contributed by atoms with E-state index >= 15 is 0 Å². The molecule has 2 nitrogen and oxygen atoms in total. The van der Waals surface area contributed by atoms with Crippen molar-refractivity contribution in [2.75, 3.05) is 6.61 Å². The van der Waals surface area contributed by atoms with Gasteiger partial charge < -0.3 is 4.74 Å². The van der Waals surface area contributed by atoms with E-state index < -0.39 is 0 Å². The predicted molar refractivity (Wildman–Crippen MR) is 67.6 cm³/mol. The number of benzene rings is 1. The molecule has 1 aliphatic heterocycles. The van der Waals surface area contributed by atoms with E-state index in [1.54, 1.807) is 12.1 Å². The number of halogens is 2. The summed E-state index contributed by atoms with van der Waals surface area (Å²) in [6.45, 7) is 4.91. The van der Waals surface area contributed by atoms with Gasteiger partial charge in [0.05, 0.1) is 16.1 Å². The molecule has 0 fully saturated rings. The zero-order chi connectivity index (χ0) is 11.7. The number of rotatable bonds is 2. The molecule has 0 aromatic heterocycles. The summed E-state index contributed by atoms with van der Waals surface area (Å²) in [5.74, 6) is 1.15. The van der Waals surface area contributed by atoms with Crippen LogP contribution in [-0.4, -0.2) is 18.5 Å². The van der Waals surface area contributed by atoms with E-state index in [4.69, 9.17) is 27.9 Å². The second-order valence-electron chi connectivity index (χ2n) is 4.19. The monoisotopic (exact) mass is 257 g/mol. The molecule has 0 aliphatic carbocycles. The highest BCUT2D eigenvalue weighted by atomic mass is 35.5. The van der Waals surface area contributed by atoms with Gasteiger partial charge in [-0.3, -0.25) is 0 Å². The lowest BCUT2D eigenvalue weighted by Crippen LogP contribution is -2.13. The Labute approximate surface area is 105 Å². The van der Waals surface area contributed by atoms with Crippen LogP contribution in [0.5, 0.6) is 0 Å². The standard InChI is InChI=1S/C12H13Cl2NO/c1-7(2)11-6-16-12(15-11)8-3-4-9(13)10(14)5-8/h3-5,7,11H,6H2,1-2H3/t11-/m1/s1. The highest BCUT2D eigenvalue weighted by Gasteiger charge is 2.22. The van der Waals surface area contributed by atoms with Crippen LogP contribution in [0.25, 0.3) is 0 Å². The molecule has 0 saturated carbocycles. The minimum Gasteiger partial charge on any atom is -0.475 e. The second-order valence-corrected chi connectivity index (χ2v) is 5.00. The molecule has 1 aliphatic rings. The minimum atomic E-state index is 0.240. The van der Waals surface area contributed by atoms with Crippen molar-refractivity contribution in [2.45, 2.75) is 19.9 Å². The molecular weight excluding hydrogens is 245 g/mol. The predicted octanol–water partition coefficient (Wildman–Crippen LogP) is 3.79. The molecule has 0 amide bonds. The fourth-order valence-corrected chi connectivity index (χ4v) is 1.82. The summed E-state index contributed by atoms with van der Waals surface area (Å²) in [4.78, 5) is 4.52. The van der Waals surface area contributed by atoms with Crippen LogP contribution in [0.2, 0.25) is 10.0 Å². The van der Waals surface area contributed by atoms with Crippen LogP contribution in [-0.2, 0) is 4.74 Å². The molecule has 1 atom stereocenters. The molecule has 2 rings (SSSR count). The Morgan fingerprint density at radius 3 is 2.62 bits per heavy atom. The van der Waals surface area contributed by atoms with Crippen LogP contribution in [0.4, 0.5) is 0 Å². The summed E-state index contributed by atoms with van der Waals surface area (Å²) in [6.07, 6.45) is 0. The number of aliphatic imine (C=N–C) groups is 1. The highest BCUT2D eigenvalue weighted by molar-refractivity contribution is 6.42. The minimum absolute atomic E-state index is 0.240. The summed E-state index contributed by atoms with van der Waals surface area (Å²) in [5, 5.41) is 1.07. The molecule has 0 N–H and O–H groups in total. The molecular formula is C12H13Cl2NO. The van der Waals surface area contributed by atoms with Crippen molar-refractivity contribution in [3.8, 4) is 0 Å². The van der Waals surface area contributed by atoms with Crippen molar-refractivity contribution in [3.63, 3.8) is 0 Å². The van der Waals surface area contributed by atoms with Crippen molar-refractivity contribution < 1.29 is 4.74 Å². The van der Waals surface area contributed by atoms with Crippen molar-refractivity contribution >= 4 is 29.1 Å². The fraction of sp³-hybridized carbons (Fsp3) is 0.417. The molecule has 86 valence electrons. The number of nitrogens with zero attached hydrogens (tertiary/aromatic N) is 1. The Balaban J connectivity index is 2.25. The van der Waals surface area contributed by atoms with Gasteiger partial charge in [0.2, 0.25) is 5.90 Å². The SMILES string of the molecule is CC(C)[C@H]1COC(c2ccc(Cl)c(Cl)c2)=N1. The summed E-state index contributed by atoms with van der Waals surface area (Å²) in [7, 11) is 0. The van der Waals surface area contributed by atoms with E-state index in [1.807, 2.05) is 6.07 Å². The summed E-state index contributed by atoms with van der Waals surface area (Å²) < 4.78 is 5.56. The van der Waals surface area contributed by atoms with Crippen LogP contribution in [0, 0.1) is 5.92 Å². The average molecular weight is 258 g/mol. The Hall–Kier alpha value is -0.730. The van der Waals surface area contributed by atoms with Gasteiger partial charge in [0, 0.05) is 5.56 Å². The van der Waals surface area contributed by atoms with Gasteiger partial charge >= 0.3 is 0 Å². The maximum absolute atomic E-state index is 5.95. The Morgan fingerprint density at radius 1 is 1.31 bits per heavy atom. The molecule has 1 heterocycles. The lowest BCUT2D eigenvalue weighted by atomic mass is 10.1. The molecule has 0 bridgehead atoms. The maximum Gasteiger partial charge on any atom is 0.216 e. The number of hydrogen-bond acceptors (Lipinski definition) is 2. The van der Waals surface area contributed by atoms with Gasteiger partial charge in [-0.1, -0.05) is 37.0 Å². The molecule has 0 unspecified atom stereocenters. The lowest BCUT2D eigenvalue weighted by molar-refractivity contribution is 0.292. The Kier molecular flexibility index (Phi) is 3.41. The quantitative estimate of drug-likeness (QED) is 0.790. The van der Waals surface area contributed by atoms with Gasteiger partial charge in [-0.25, -0.2) is 4.99 Å². The Bertz CT molecular complexity index is 429. The molecule has 0 spiro atoms. The normalized spacial score (nSPS) is 19.8. The molecule has 4 heteroatoms. The third-order valence-electron chi connectivity index (χ3n) is 2.61. The van der Waals surface area contributed by atoms with Gasteiger partial charge in [-0.2, -0.15) is 0 Å². The molecule has 0 radical (unpaired) electrons. The largest absolute Gasteiger partial charge is 0.475 e. The average Bonchev–Trinajstić information content (AvgIpc) is 2.71. The molecule has 16 heavy (non-hydrogen) atoms. The first-order valence-corrected chi connectivity index (χ1v) is 5.99. The molecule has 1 aromatic rings. The zero-order valence-electron chi connectivity index (χ0n) is 9.21. The maximum atomic E-state index is 5.95. The molecule has 1 aromatic carbocycles. The van der Waals surface area contributed by atoms with Crippen molar-refractivity contribution in [1.29, 1.82) is 0 Å². The van der Waals surface area contributed by atoms with E-state index in [0.717, 1.165) is 5.56 Å². The lowest BCUT2D eigenvalue weighted by Gasteiger charge is -2.06. The fourth-order valence-electron chi connectivity index (χ4n) is 1.52. The summed E-state index contributed by atoms with van der Waals surface area (Å²) in [6, 6.07) is 5.65. The first-order valence-electron chi connectivity index (χ1n) is 5.24. The van der Waals surface area contributed by atoms with E-state index in [-0.39, 0.29) is 6.04 Å². The van der Waals surface area contributed by atoms with E-state index in [2.05, 4.69) is 18.8 Å². The van der Waals surface area contributed by atoms with E-state index in [0.29, 0.717) is 28.5 Å². The van der Waals surface area contributed by atoms with Crippen molar-refractivity contribution in [2.24, 2.45) is 10.9 Å². The van der Waals surface area contributed by atoms with Crippen molar-refractivity contribution in [3.05, 3.63) is 33.8 Å². The first-order chi connectivity index (χ1) is 7.58. The van der Waals surface area contributed by atoms with Crippen LogP contribution in [0.1, 0.15) is 19.4 Å². The van der Waals surface area contributed by atoms with Crippen molar-refractivity contribution in [1.82, 2.24) is 0 Å². The van der Waals surface area contributed by atoms with Gasteiger partial charge in [0.25, 0.3) is 0 Å². The topological polar surface area (TPSA) is 21.6 Å². The number of hydrogen-bond donors (Lipinski definition) is 0. The zero-order valence-corrected chi connectivity index (χ0v) is 10.7. The third-order valence-corrected chi connectivity index (χ3v) is 3.35. The van der Waals surface area contributed by atoms with Gasteiger partial charge in [-0.15, -0.1) is 0 Å². The van der Waals surface area contributed by atoms with Gasteiger partial charge in [0.1, 0.15) is 6.61 Å². The van der Waals surface area contributed by atoms with Crippen LogP contribution < -0.4 is 0 Å². The van der Waals surface area contributed by atoms with Crippen LogP contribution in [0.3, 0.4) is 0 Å². The Morgan fingerprint density at radius 2 is 2.06 bits per heavy atom. The van der Waals surface area contributed by atoms with Crippen LogP contribution >= 0.6 is 23.2 Å². The third kappa shape index (κ3) is 2.33. The summed E-state index contributed by atoms with van der Waals surface area (Å²) in [5.41, 5.74) is 0.887. The highest BCUT2D eigenvalue weighted by Crippen LogP contribution is 2.25. The molecule has 0 saturated heterocycles. The second kappa shape index (κ2) is 4.64. The van der Waals surface area contributed by atoms with E-state index in [1.165, 1.54) is 0 Å². The van der Waals surface area contributed by atoms with E-state index in [9.17, 15) is 0 Å².